The van der Waals surface area contributed by atoms with Gasteiger partial charge in [0.15, 0.2) is 5.78 Å². The van der Waals surface area contributed by atoms with Crippen molar-refractivity contribution in [3.8, 4) is 11.5 Å². The molecule has 112 valence electrons. The minimum absolute atomic E-state index is 0.187. The van der Waals surface area contributed by atoms with E-state index in [2.05, 4.69) is 0 Å². The molecule has 0 spiro atoms. The molecular weight excluding hydrogens is 279 g/mol. The van der Waals surface area contributed by atoms with E-state index < -0.39 is 37.4 Å². The van der Waals surface area contributed by atoms with Crippen LogP contribution >= 0.6 is 0 Å². The van der Waals surface area contributed by atoms with Crippen LogP contribution in [0.5, 0.6) is 11.5 Å². The third-order valence-corrected chi connectivity index (χ3v) is 2.47. The van der Waals surface area contributed by atoms with Crippen molar-refractivity contribution in [2.75, 3.05) is 26.2 Å². The number of carbonyl (C=O) groups excluding carboxylic acids is 1. The summed E-state index contributed by atoms with van der Waals surface area (Å²) >= 11 is 0. The number of rotatable bonds is 6. The van der Waals surface area contributed by atoms with E-state index >= 15 is 0 Å². The summed E-state index contributed by atoms with van der Waals surface area (Å²) < 4.78 is 36.9. The fraction of sp³-hybridized carbons (Fsp3) is 0.417. The van der Waals surface area contributed by atoms with Gasteiger partial charge in [0, 0.05) is 12.6 Å². The zero-order valence-electron chi connectivity index (χ0n) is 10.4. The van der Waals surface area contributed by atoms with Gasteiger partial charge in [-0.1, -0.05) is 0 Å². The molecule has 0 saturated heterocycles. The van der Waals surface area contributed by atoms with Gasteiger partial charge in [-0.3, -0.25) is 9.69 Å². The molecule has 1 rings (SSSR count). The Morgan fingerprint density at radius 2 is 1.90 bits per heavy atom. The van der Waals surface area contributed by atoms with Crippen LogP contribution in [0.3, 0.4) is 0 Å². The van der Waals surface area contributed by atoms with Gasteiger partial charge in [0.1, 0.15) is 11.5 Å². The van der Waals surface area contributed by atoms with E-state index in [1.807, 2.05) is 0 Å². The van der Waals surface area contributed by atoms with Crippen molar-refractivity contribution in [3.05, 3.63) is 23.8 Å². The van der Waals surface area contributed by atoms with Crippen LogP contribution in [-0.4, -0.2) is 58.4 Å². The van der Waals surface area contributed by atoms with Crippen LogP contribution in [-0.2, 0) is 0 Å². The molecule has 0 aromatic heterocycles. The number of Topliss-reactive ketones (excluding diaryl/α,β-unsaturated/α-hetero) is 1. The SMILES string of the molecule is O=C(CN(CCO)CC(F)(F)F)c1ccc(O)cc1O. The van der Waals surface area contributed by atoms with Gasteiger partial charge >= 0.3 is 6.18 Å². The lowest BCUT2D eigenvalue weighted by Gasteiger charge is -2.22. The van der Waals surface area contributed by atoms with Gasteiger partial charge in [-0.2, -0.15) is 13.2 Å². The molecule has 0 saturated carbocycles. The number of aliphatic hydroxyl groups is 1. The van der Waals surface area contributed by atoms with E-state index in [1.165, 1.54) is 0 Å². The Labute approximate surface area is 112 Å². The Balaban J connectivity index is 2.79. The minimum atomic E-state index is -4.49. The van der Waals surface area contributed by atoms with Gasteiger partial charge in [-0.25, -0.2) is 0 Å². The molecule has 3 N–H and O–H groups in total. The zero-order chi connectivity index (χ0) is 15.3. The minimum Gasteiger partial charge on any atom is -0.508 e. The number of alkyl halides is 3. The van der Waals surface area contributed by atoms with E-state index in [-0.39, 0.29) is 17.9 Å². The second-order valence-electron chi connectivity index (χ2n) is 4.17. The molecule has 0 fully saturated rings. The number of aromatic hydroxyl groups is 2. The van der Waals surface area contributed by atoms with E-state index in [1.54, 1.807) is 0 Å². The van der Waals surface area contributed by atoms with Gasteiger partial charge in [0.25, 0.3) is 0 Å². The van der Waals surface area contributed by atoms with Crippen LogP contribution in [0.4, 0.5) is 13.2 Å². The van der Waals surface area contributed by atoms with E-state index in [4.69, 9.17) is 10.2 Å². The maximum atomic E-state index is 12.3. The number of hydrogen-bond donors (Lipinski definition) is 3. The van der Waals surface area contributed by atoms with Crippen molar-refractivity contribution in [2.45, 2.75) is 6.18 Å². The van der Waals surface area contributed by atoms with Crippen molar-refractivity contribution in [2.24, 2.45) is 0 Å². The third-order valence-electron chi connectivity index (χ3n) is 2.47. The summed E-state index contributed by atoms with van der Waals surface area (Å²) in [7, 11) is 0. The van der Waals surface area contributed by atoms with Crippen LogP contribution < -0.4 is 0 Å². The monoisotopic (exact) mass is 293 g/mol. The molecule has 0 aliphatic heterocycles. The number of phenolic OH excluding ortho intramolecular Hbond substituents is 2. The summed E-state index contributed by atoms with van der Waals surface area (Å²) in [5, 5.41) is 27.2. The van der Waals surface area contributed by atoms with Crippen LogP contribution in [0.1, 0.15) is 10.4 Å². The maximum absolute atomic E-state index is 12.3. The average Bonchev–Trinajstić information content (AvgIpc) is 2.26. The molecule has 0 heterocycles. The highest BCUT2D eigenvalue weighted by Gasteiger charge is 2.31. The van der Waals surface area contributed by atoms with Crippen molar-refractivity contribution < 1.29 is 33.3 Å². The summed E-state index contributed by atoms with van der Waals surface area (Å²) in [5.74, 6) is -1.51. The fourth-order valence-electron chi connectivity index (χ4n) is 1.65. The lowest BCUT2D eigenvalue weighted by atomic mass is 10.1. The highest BCUT2D eigenvalue weighted by molar-refractivity contribution is 6.00. The van der Waals surface area contributed by atoms with Crippen molar-refractivity contribution in [3.63, 3.8) is 0 Å². The molecule has 0 aliphatic carbocycles. The first kappa shape index (κ1) is 16.3. The first-order valence-corrected chi connectivity index (χ1v) is 5.68. The van der Waals surface area contributed by atoms with Gasteiger partial charge in [0.05, 0.1) is 25.3 Å². The Bertz CT molecular complexity index is 476. The first-order valence-electron chi connectivity index (χ1n) is 5.68. The van der Waals surface area contributed by atoms with Gasteiger partial charge < -0.3 is 15.3 Å². The number of ketones is 1. The molecule has 8 heteroatoms. The summed E-state index contributed by atoms with van der Waals surface area (Å²) in [5.41, 5.74) is -0.187. The fourth-order valence-corrected chi connectivity index (χ4v) is 1.65. The van der Waals surface area contributed by atoms with Crippen LogP contribution in [0, 0.1) is 0 Å². The Morgan fingerprint density at radius 3 is 2.40 bits per heavy atom. The van der Waals surface area contributed by atoms with E-state index in [0.717, 1.165) is 23.1 Å². The first-order chi connectivity index (χ1) is 9.23. The Hall–Kier alpha value is -1.80. The van der Waals surface area contributed by atoms with Gasteiger partial charge in [-0.15, -0.1) is 0 Å². The number of aliphatic hydroxyl groups excluding tert-OH is 1. The molecule has 0 radical (unpaired) electrons. The number of benzene rings is 1. The predicted molar refractivity (Wildman–Crippen MR) is 63.7 cm³/mol. The number of hydrogen-bond acceptors (Lipinski definition) is 5. The zero-order valence-corrected chi connectivity index (χ0v) is 10.4. The molecule has 0 unspecified atom stereocenters. The highest BCUT2D eigenvalue weighted by Crippen LogP contribution is 2.23. The molecule has 0 atom stereocenters. The van der Waals surface area contributed by atoms with E-state index in [9.17, 15) is 23.1 Å². The predicted octanol–water partition coefficient (Wildman–Crippen LogP) is 1.14. The summed E-state index contributed by atoms with van der Waals surface area (Å²) in [6.45, 7) is -2.77. The van der Waals surface area contributed by atoms with Crippen LogP contribution in [0.2, 0.25) is 0 Å². The lowest BCUT2D eigenvalue weighted by Crippen LogP contribution is -2.39. The smallest absolute Gasteiger partial charge is 0.401 e. The summed E-state index contributed by atoms with van der Waals surface area (Å²) in [6, 6.07) is 3.19. The number of carbonyl (C=O) groups is 1. The molecule has 1 aromatic carbocycles. The van der Waals surface area contributed by atoms with E-state index in [0.29, 0.717) is 0 Å². The van der Waals surface area contributed by atoms with Gasteiger partial charge in [0.2, 0.25) is 0 Å². The van der Waals surface area contributed by atoms with Gasteiger partial charge in [-0.05, 0) is 12.1 Å². The lowest BCUT2D eigenvalue weighted by molar-refractivity contribution is -0.145. The second-order valence-corrected chi connectivity index (χ2v) is 4.17. The normalized spacial score (nSPS) is 11.8. The number of halogens is 3. The van der Waals surface area contributed by atoms with Crippen molar-refractivity contribution >= 4 is 5.78 Å². The summed E-state index contributed by atoms with van der Waals surface area (Å²) in [4.78, 5) is 12.5. The highest BCUT2D eigenvalue weighted by atomic mass is 19.4. The Morgan fingerprint density at radius 1 is 1.25 bits per heavy atom. The summed E-state index contributed by atoms with van der Waals surface area (Å²) in [6.07, 6.45) is -4.49. The standard InChI is InChI=1S/C12H14F3NO4/c13-12(14,15)7-16(3-4-17)6-11(20)9-2-1-8(18)5-10(9)19/h1-2,5,17-19H,3-4,6-7H2. The largest absolute Gasteiger partial charge is 0.508 e. The molecular formula is C12H14F3NO4. The van der Waals surface area contributed by atoms with Crippen LogP contribution in [0.25, 0.3) is 0 Å². The number of phenols is 2. The molecule has 20 heavy (non-hydrogen) atoms. The maximum Gasteiger partial charge on any atom is 0.401 e. The average molecular weight is 293 g/mol. The molecule has 0 bridgehead atoms. The number of nitrogens with zero attached hydrogens (tertiary/aromatic N) is 1. The topological polar surface area (TPSA) is 81.0 Å². The second kappa shape index (κ2) is 6.58. The Kier molecular flexibility index (Phi) is 5.34. The molecule has 1 aromatic rings. The molecule has 5 nitrogen and oxygen atoms in total. The quantitative estimate of drug-likeness (QED) is 0.685. The van der Waals surface area contributed by atoms with Crippen molar-refractivity contribution in [1.82, 2.24) is 4.90 Å². The third kappa shape index (κ3) is 5.06. The molecule has 0 aliphatic rings. The van der Waals surface area contributed by atoms with Crippen molar-refractivity contribution in [1.29, 1.82) is 0 Å². The molecule has 0 amide bonds. The van der Waals surface area contributed by atoms with Crippen LogP contribution in [0.15, 0.2) is 18.2 Å².